The molecule has 2 rings (SSSR count). The number of ether oxygens (including phenoxy) is 2. The van der Waals surface area contributed by atoms with Gasteiger partial charge in [0.25, 0.3) is 0 Å². The fraction of sp³-hybridized carbons (Fsp3) is 0.643. The molecule has 1 aromatic rings. The molecule has 104 valence electrons. The molecule has 1 aromatic heterocycles. The van der Waals surface area contributed by atoms with Crippen molar-refractivity contribution in [2.24, 2.45) is 0 Å². The summed E-state index contributed by atoms with van der Waals surface area (Å²) in [5, 5.41) is 0. The van der Waals surface area contributed by atoms with Crippen molar-refractivity contribution < 1.29 is 14.3 Å². The average molecular weight is 264 g/mol. The second-order valence-corrected chi connectivity index (χ2v) is 4.62. The molecule has 0 N–H and O–H groups in total. The van der Waals surface area contributed by atoms with Crippen molar-refractivity contribution in [1.29, 1.82) is 0 Å². The number of nitrogens with zero attached hydrogens (tertiary/aromatic N) is 2. The fourth-order valence-electron chi connectivity index (χ4n) is 2.17. The highest BCUT2D eigenvalue weighted by atomic mass is 16.5. The Hall–Kier alpha value is -1.49. The van der Waals surface area contributed by atoms with E-state index in [2.05, 4.69) is 16.9 Å². The molecule has 1 atom stereocenters. The maximum atomic E-state index is 11.8. The lowest BCUT2D eigenvalue weighted by Gasteiger charge is -2.11. The number of rotatable bonds is 5. The molecule has 1 aliphatic heterocycles. The van der Waals surface area contributed by atoms with Crippen LogP contribution in [0.4, 0.5) is 0 Å². The molecule has 5 heteroatoms. The maximum absolute atomic E-state index is 11.8. The molecular formula is C14H20N2O3. The number of carbonyl (C=O) groups excluding carboxylic acids is 1. The van der Waals surface area contributed by atoms with Crippen LogP contribution < -0.4 is 0 Å². The van der Waals surface area contributed by atoms with Crippen LogP contribution in [0.3, 0.4) is 0 Å². The minimum atomic E-state index is -0.333. The second-order valence-electron chi connectivity index (χ2n) is 4.62. The zero-order valence-electron chi connectivity index (χ0n) is 11.5. The second kappa shape index (κ2) is 6.61. The van der Waals surface area contributed by atoms with Gasteiger partial charge in [-0.15, -0.1) is 0 Å². The van der Waals surface area contributed by atoms with Crippen LogP contribution in [0, 0.1) is 0 Å². The van der Waals surface area contributed by atoms with Crippen molar-refractivity contribution in [2.45, 2.75) is 39.0 Å². The topological polar surface area (TPSA) is 61.3 Å². The Balaban J connectivity index is 2.26. The first kappa shape index (κ1) is 13.9. The molecule has 0 aromatic carbocycles. The fourth-order valence-corrected chi connectivity index (χ4v) is 2.17. The van der Waals surface area contributed by atoms with Crippen LogP contribution >= 0.6 is 0 Å². The monoisotopic (exact) mass is 264 g/mol. The van der Waals surface area contributed by atoms with Crippen molar-refractivity contribution in [3.05, 3.63) is 23.3 Å². The van der Waals surface area contributed by atoms with Crippen LogP contribution in [-0.2, 0) is 15.9 Å². The van der Waals surface area contributed by atoms with E-state index in [-0.39, 0.29) is 11.9 Å². The Kier molecular flexibility index (Phi) is 4.85. The van der Waals surface area contributed by atoms with Crippen LogP contribution in [0.2, 0.25) is 0 Å². The van der Waals surface area contributed by atoms with E-state index < -0.39 is 0 Å². The largest absolute Gasteiger partial charge is 0.462 e. The lowest BCUT2D eigenvalue weighted by Crippen LogP contribution is -2.14. The van der Waals surface area contributed by atoms with Crippen LogP contribution in [0.25, 0.3) is 0 Å². The standard InChI is InChI=1S/C14H20N2O3/c1-3-5-12-11(14(17)19-4-2)8-15-13(16-12)10-6-7-18-9-10/h8,10H,3-7,9H2,1-2H3. The summed E-state index contributed by atoms with van der Waals surface area (Å²) in [5.41, 5.74) is 1.28. The van der Waals surface area contributed by atoms with Gasteiger partial charge in [-0.1, -0.05) is 13.3 Å². The molecule has 1 saturated heterocycles. The van der Waals surface area contributed by atoms with Gasteiger partial charge < -0.3 is 9.47 Å². The van der Waals surface area contributed by atoms with Crippen LogP contribution in [0.5, 0.6) is 0 Å². The van der Waals surface area contributed by atoms with E-state index in [0.717, 1.165) is 37.4 Å². The molecule has 0 saturated carbocycles. The summed E-state index contributed by atoms with van der Waals surface area (Å²) in [7, 11) is 0. The van der Waals surface area contributed by atoms with Crippen LogP contribution in [0.15, 0.2) is 6.20 Å². The third-order valence-corrected chi connectivity index (χ3v) is 3.16. The zero-order chi connectivity index (χ0) is 13.7. The lowest BCUT2D eigenvalue weighted by atomic mass is 10.1. The summed E-state index contributed by atoms with van der Waals surface area (Å²) in [5.74, 6) is 0.709. The van der Waals surface area contributed by atoms with E-state index in [4.69, 9.17) is 9.47 Å². The van der Waals surface area contributed by atoms with Crippen molar-refractivity contribution in [3.8, 4) is 0 Å². The smallest absolute Gasteiger partial charge is 0.341 e. The molecule has 0 amide bonds. The third kappa shape index (κ3) is 3.29. The van der Waals surface area contributed by atoms with Crippen molar-refractivity contribution in [3.63, 3.8) is 0 Å². The number of aryl methyl sites for hydroxylation is 1. The van der Waals surface area contributed by atoms with Gasteiger partial charge in [0.15, 0.2) is 0 Å². The van der Waals surface area contributed by atoms with E-state index in [1.165, 1.54) is 0 Å². The third-order valence-electron chi connectivity index (χ3n) is 3.16. The predicted octanol–water partition coefficient (Wildman–Crippen LogP) is 2.11. The number of carbonyl (C=O) groups is 1. The van der Waals surface area contributed by atoms with E-state index >= 15 is 0 Å². The molecular weight excluding hydrogens is 244 g/mol. The Bertz CT molecular complexity index is 442. The summed E-state index contributed by atoms with van der Waals surface area (Å²) < 4.78 is 10.4. The van der Waals surface area contributed by atoms with Gasteiger partial charge in [0.1, 0.15) is 5.82 Å². The summed E-state index contributed by atoms with van der Waals surface area (Å²) in [6, 6.07) is 0. The Morgan fingerprint density at radius 3 is 3.00 bits per heavy atom. The number of hydrogen-bond acceptors (Lipinski definition) is 5. The Morgan fingerprint density at radius 1 is 1.53 bits per heavy atom. The normalized spacial score (nSPS) is 18.5. The molecule has 1 fully saturated rings. The molecule has 0 radical (unpaired) electrons. The first-order chi connectivity index (χ1) is 9.26. The first-order valence-corrected chi connectivity index (χ1v) is 6.86. The highest BCUT2D eigenvalue weighted by Crippen LogP contribution is 2.23. The lowest BCUT2D eigenvalue weighted by molar-refractivity contribution is 0.0524. The minimum absolute atomic E-state index is 0.256. The molecule has 0 bridgehead atoms. The average Bonchev–Trinajstić information content (AvgIpc) is 2.93. The summed E-state index contributed by atoms with van der Waals surface area (Å²) in [4.78, 5) is 20.7. The van der Waals surface area contributed by atoms with Gasteiger partial charge in [0.2, 0.25) is 0 Å². The van der Waals surface area contributed by atoms with Crippen molar-refractivity contribution in [1.82, 2.24) is 9.97 Å². The van der Waals surface area contributed by atoms with Gasteiger partial charge in [-0.05, 0) is 19.8 Å². The van der Waals surface area contributed by atoms with Crippen molar-refractivity contribution >= 4 is 5.97 Å². The first-order valence-electron chi connectivity index (χ1n) is 6.86. The van der Waals surface area contributed by atoms with Gasteiger partial charge in [0.05, 0.1) is 24.5 Å². The maximum Gasteiger partial charge on any atom is 0.341 e. The molecule has 1 aliphatic rings. The van der Waals surface area contributed by atoms with E-state index in [1.54, 1.807) is 13.1 Å². The highest BCUT2D eigenvalue weighted by molar-refractivity contribution is 5.90. The summed E-state index contributed by atoms with van der Waals surface area (Å²) in [6.45, 7) is 5.65. The molecule has 19 heavy (non-hydrogen) atoms. The quantitative estimate of drug-likeness (QED) is 0.762. The summed E-state index contributed by atoms with van der Waals surface area (Å²) in [6.07, 6.45) is 4.25. The van der Waals surface area contributed by atoms with Gasteiger partial charge in [-0.2, -0.15) is 0 Å². The van der Waals surface area contributed by atoms with Gasteiger partial charge in [0, 0.05) is 18.7 Å². The number of hydrogen-bond donors (Lipinski definition) is 0. The number of esters is 1. The Morgan fingerprint density at radius 2 is 2.37 bits per heavy atom. The van der Waals surface area contributed by atoms with Crippen molar-refractivity contribution in [2.75, 3.05) is 19.8 Å². The molecule has 1 unspecified atom stereocenters. The number of aromatic nitrogens is 2. The van der Waals surface area contributed by atoms with E-state index in [9.17, 15) is 4.79 Å². The molecule has 0 aliphatic carbocycles. The predicted molar refractivity (Wildman–Crippen MR) is 70.2 cm³/mol. The Labute approximate surface area is 113 Å². The molecule has 5 nitrogen and oxygen atoms in total. The van der Waals surface area contributed by atoms with Gasteiger partial charge in [-0.25, -0.2) is 14.8 Å². The molecule has 2 heterocycles. The molecule has 0 spiro atoms. The van der Waals surface area contributed by atoms with Crippen LogP contribution in [0.1, 0.15) is 54.5 Å². The highest BCUT2D eigenvalue weighted by Gasteiger charge is 2.23. The SMILES string of the molecule is CCCc1nc(C2CCOC2)ncc1C(=O)OCC. The summed E-state index contributed by atoms with van der Waals surface area (Å²) >= 11 is 0. The van der Waals surface area contributed by atoms with E-state index in [1.807, 2.05) is 0 Å². The zero-order valence-corrected chi connectivity index (χ0v) is 11.5. The minimum Gasteiger partial charge on any atom is -0.462 e. The van der Waals surface area contributed by atoms with Gasteiger partial charge in [-0.3, -0.25) is 0 Å². The van der Waals surface area contributed by atoms with Crippen LogP contribution in [-0.4, -0.2) is 35.8 Å². The van der Waals surface area contributed by atoms with E-state index in [0.29, 0.717) is 18.8 Å². The van der Waals surface area contributed by atoms with Gasteiger partial charge >= 0.3 is 5.97 Å².